The summed E-state index contributed by atoms with van der Waals surface area (Å²) in [6.07, 6.45) is 0. The minimum absolute atomic E-state index is 0.0215. The summed E-state index contributed by atoms with van der Waals surface area (Å²) >= 11 is 3.07. The molecular formula is C6H5BrFNOS. The van der Waals surface area contributed by atoms with Crippen LogP contribution < -0.4 is 5.14 Å². The van der Waals surface area contributed by atoms with Gasteiger partial charge in [0, 0.05) is 4.47 Å². The van der Waals surface area contributed by atoms with Crippen LogP contribution in [0.5, 0.6) is 0 Å². The first-order chi connectivity index (χ1) is 5.11. The van der Waals surface area contributed by atoms with E-state index in [-0.39, 0.29) is 4.90 Å². The molecule has 1 atom stereocenters. The molecule has 0 fully saturated rings. The summed E-state index contributed by atoms with van der Waals surface area (Å²) in [5, 5.41) is 4.98. The molecule has 0 aliphatic carbocycles. The minimum atomic E-state index is -1.74. The summed E-state index contributed by atoms with van der Waals surface area (Å²) in [4.78, 5) is 0.0215. The molecule has 5 heteroatoms. The summed E-state index contributed by atoms with van der Waals surface area (Å²) in [6, 6.07) is 4.19. The maximum absolute atomic E-state index is 12.8. The van der Waals surface area contributed by atoms with E-state index in [0.29, 0.717) is 4.47 Å². The highest BCUT2D eigenvalue weighted by Gasteiger charge is 2.05. The molecule has 1 aromatic rings. The van der Waals surface area contributed by atoms with Gasteiger partial charge in [0.05, 0.1) is 4.90 Å². The van der Waals surface area contributed by atoms with E-state index in [2.05, 4.69) is 15.9 Å². The first-order valence-electron chi connectivity index (χ1n) is 2.72. The quantitative estimate of drug-likeness (QED) is 0.792. The Labute approximate surface area is 74.3 Å². The summed E-state index contributed by atoms with van der Waals surface area (Å²) in [6.45, 7) is 0. The maximum atomic E-state index is 12.8. The van der Waals surface area contributed by atoms with Crippen LogP contribution in [0.15, 0.2) is 27.6 Å². The van der Waals surface area contributed by atoms with Crippen molar-refractivity contribution in [2.24, 2.45) is 5.14 Å². The van der Waals surface area contributed by atoms with Crippen LogP contribution in [0, 0.1) is 5.82 Å². The molecule has 0 aliphatic rings. The van der Waals surface area contributed by atoms with Gasteiger partial charge >= 0.3 is 0 Å². The second-order valence-corrected chi connectivity index (χ2v) is 3.82. The number of rotatable bonds is 1. The highest BCUT2D eigenvalue weighted by molar-refractivity contribution is 9.10. The molecule has 11 heavy (non-hydrogen) atoms. The molecule has 1 aromatic carbocycles. The molecule has 2 nitrogen and oxygen atoms in total. The zero-order chi connectivity index (χ0) is 8.43. The fourth-order valence-corrected chi connectivity index (χ4v) is 1.42. The van der Waals surface area contributed by atoms with Gasteiger partial charge in [-0.25, -0.2) is 13.7 Å². The second-order valence-electron chi connectivity index (χ2n) is 1.87. The molecule has 0 heterocycles. The Morgan fingerprint density at radius 1 is 1.55 bits per heavy atom. The largest absolute Gasteiger partial charge is 0.247 e. The van der Waals surface area contributed by atoms with Gasteiger partial charge in [-0.1, -0.05) is 15.9 Å². The summed E-state index contributed by atoms with van der Waals surface area (Å²) < 4.78 is 24.0. The first kappa shape index (κ1) is 8.83. The Kier molecular flexibility index (Phi) is 2.75. The lowest BCUT2D eigenvalue weighted by Gasteiger charge is -1.97. The monoisotopic (exact) mass is 237 g/mol. The van der Waals surface area contributed by atoms with Crippen molar-refractivity contribution in [2.75, 3.05) is 0 Å². The van der Waals surface area contributed by atoms with E-state index < -0.39 is 16.8 Å². The Morgan fingerprint density at radius 2 is 2.18 bits per heavy atom. The standard InChI is InChI=1S/C6H5BrFNOS/c7-4-1-2-6(11(9)10)5(8)3-4/h1-3H,9H2. The van der Waals surface area contributed by atoms with E-state index in [9.17, 15) is 8.60 Å². The number of hydrogen-bond acceptors (Lipinski definition) is 1. The van der Waals surface area contributed by atoms with Crippen molar-refractivity contribution in [1.29, 1.82) is 0 Å². The van der Waals surface area contributed by atoms with Crippen LogP contribution in [-0.4, -0.2) is 4.21 Å². The van der Waals surface area contributed by atoms with Crippen molar-refractivity contribution in [3.63, 3.8) is 0 Å². The van der Waals surface area contributed by atoms with Crippen LogP contribution in [-0.2, 0) is 11.0 Å². The lowest BCUT2D eigenvalue weighted by Crippen LogP contribution is -2.04. The number of nitrogens with two attached hydrogens (primary N) is 1. The molecule has 60 valence electrons. The summed E-state index contributed by atoms with van der Waals surface area (Å²) in [7, 11) is -1.74. The number of halogens is 2. The molecule has 0 spiro atoms. The normalized spacial score (nSPS) is 13.0. The molecule has 0 saturated heterocycles. The van der Waals surface area contributed by atoms with Crippen molar-refractivity contribution < 1.29 is 8.60 Å². The predicted molar refractivity (Wildman–Crippen MR) is 44.7 cm³/mol. The summed E-state index contributed by atoms with van der Waals surface area (Å²) in [5.41, 5.74) is 0. The molecule has 0 aliphatic heterocycles. The Balaban J connectivity index is 3.20. The van der Waals surface area contributed by atoms with Gasteiger partial charge in [-0.3, -0.25) is 0 Å². The third-order valence-corrected chi connectivity index (χ3v) is 2.37. The number of hydrogen-bond donors (Lipinski definition) is 1. The Bertz CT molecular complexity index is 305. The Hall–Kier alpha value is -0.260. The fraction of sp³-hybridized carbons (Fsp3) is 0. The van der Waals surface area contributed by atoms with E-state index >= 15 is 0 Å². The van der Waals surface area contributed by atoms with Crippen LogP contribution in [0.25, 0.3) is 0 Å². The Morgan fingerprint density at radius 3 is 2.64 bits per heavy atom. The van der Waals surface area contributed by atoms with Crippen molar-refractivity contribution >= 4 is 26.9 Å². The van der Waals surface area contributed by atoms with Gasteiger partial charge in [0.15, 0.2) is 0 Å². The van der Waals surface area contributed by atoms with Crippen LogP contribution in [0.3, 0.4) is 0 Å². The van der Waals surface area contributed by atoms with Gasteiger partial charge in [-0.15, -0.1) is 0 Å². The average Bonchev–Trinajstić information content (AvgIpc) is 1.85. The highest BCUT2D eigenvalue weighted by atomic mass is 79.9. The van der Waals surface area contributed by atoms with Gasteiger partial charge in [0.2, 0.25) is 0 Å². The van der Waals surface area contributed by atoms with Crippen LogP contribution in [0.1, 0.15) is 0 Å². The van der Waals surface area contributed by atoms with E-state index in [0.717, 1.165) is 0 Å². The third kappa shape index (κ3) is 2.08. The minimum Gasteiger partial charge on any atom is -0.247 e. The maximum Gasteiger partial charge on any atom is 0.141 e. The average molecular weight is 238 g/mol. The van der Waals surface area contributed by atoms with Crippen molar-refractivity contribution in [1.82, 2.24) is 0 Å². The van der Waals surface area contributed by atoms with Crippen LogP contribution in [0.4, 0.5) is 4.39 Å². The van der Waals surface area contributed by atoms with Crippen molar-refractivity contribution in [2.45, 2.75) is 4.90 Å². The summed E-state index contributed by atoms with van der Waals surface area (Å²) in [5.74, 6) is -0.555. The van der Waals surface area contributed by atoms with E-state index in [1.807, 2.05) is 0 Å². The van der Waals surface area contributed by atoms with Crippen molar-refractivity contribution in [3.05, 3.63) is 28.5 Å². The first-order valence-corrected chi connectivity index (χ1v) is 4.73. The fourth-order valence-electron chi connectivity index (χ4n) is 0.638. The highest BCUT2D eigenvalue weighted by Crippen LogP contribution is 2.16. The van der Waals surface area contributed by atoms with Gasteiger partial charge in [0.1, 0.15) is 16.8 Å². The topological polar surface area (TPSA) is 43.1 Å². The van der Waals surface area contributed by atoms with E-state index in [1.54, 1.807) is 6.07 Å². The molecule has 0 saturated carbocycles. The SMILES string of the molecule is NS(=O)c1ccc(Br)cc1F. The molecule has 1 unspecified atom stereocenters. The molecule has 0 radical (unpaired) electrons. The zero-order valence-corrected chi connectivity index (χ0v) is 7.78. The van der Waals surface area contributed by atoms with Crippen LogP contribution >= 0.6 is 15.9 Å². The molecule has 0 bridgehead atoms. The molecular weight excluding hydrogens is 233 g/mol. The van der Waals surface area contributed by atoms with Gasteiger partial charge in [-0.2, -0.15) is 0 Å². The zero-order valence-electron chi connectivity index (χ0n) is 5.38. The molecule has 0 amide bonds. The molecule has 2 N–H and O–H groups in total. The molecule has 1 rings (SSSR count). The predicted octanol–water partition coefficient (Wildman–Crippen LogP) is 1.57. The van der Waals surface area contributed by atoms with Gasteiger partial charge in [-0.05, 0) is 18.2 Å². The number of benzene rings is 1. The lowest BCUT2D eigenvalue weighted by molar-refractivity contribution is 0.594. The van der Waals surface area contributed by atoms with E-state index in [1.165, 1.54) is 12.1 Å². The van der Waals surface area contributed by atoms with Crippen molar-refractivity contribution in [3.8, 4) is 0 Å². The van der Waals surface area contributed by atoms with E-state index in [4.69, 9.17) is 5.14 Å². The van der Waals surface area contributed by atoms with Gasteiger partial charge < -0.3 is 0 Å². The smallest absolute Gasteiger partial charge is 0.141 e. The lowest BCUT2D eigenvalue weighted by atomic mass is 10.3. The van der Waals surface area contributed by atoms with Crippen LogP contribution in [0.2, 0.25) is 0 Å². The second kappa shape index (κ2) is 3.42. The third-order valence-electron chi connectivity index (χ3n) is 1.11. The molecule has 0 aromatic heterocycles. The van der Waals surface area contributed by atoms with Gasteiger partial charge in [0.25, 0.3) is 0 Å².